The smallest absolute Gasteiger partial charge is 0.259 e. The Hall–Kier alpha value is -5.02. The van der Waals surface area contributed by atoms with E-state index in [4.69, 9.17) is 0 Å². The van der Waals surface area contributed by atoms with Gasteiger partial charge in [-0.25, -0.2) is 0 Å². The second-order valence-corrected chi connectivity index (χ2v) is 10.4. The van der Waals surface area contributed by atoms with E-state index < -0.39 is 0 Å². The van der Waals surface area contributed by atoms with E-state index in [1.54, 1.807) is 0 Å². The highest BCUT2D eigenvalue weighted by Gasteiger charge is 2.25. The summed E-state index contributed by atoms with van der Waals surface area (Å²) in [4.78, 5) is 29.7. The van der Waals surface area contributed by atoms with E-state index in [1.807, 2.05) is 30.3 Å². The number of hydrogen-bond acceptors (Lipinski definition) is 2. The fraction of sp³-hybridized carbons (Fsp3) is 0.0556. The fourth-order valence-corrected chi connectivity index (χ4v) is 6.69. The largest absolute Gasteiger partial charge is 0.288 e. The SMILES string of the molecule is O=c1[nH]c(=O)c2c1c(Cc1ccccc1)c1c(Cc3ccccc3)ccc3c4cccc5cccc(c54)c2c13. The van der Waals surface area contributed by atoms with Crippen molar-refractivity contribution in [1.29, 1.82) is 0 Å². The fourth-order valence-electron chi connectivity index (χ4n) is 6.69. The zero-order valence-electron chi connectivity index (χ0n) is 21.1. The third kappa shape index (κ3) is 3.17. The van der Waals surface area contributed by atoms with E-state index in [0.717, 1.165) is 60.8 Å². The van der Waals surface area contributed by atoms with Crippen LogP contribution in [0.3, 0.4) is 0 Å². The molecule has 0 aliphatic heterocycles. The van der Waals surface area contributed by atoms with Crippen molar-refractivity contribution in [3.8, 4) is 0 Å². The van der Waals surface area contributed by atoms with E-state index in [-0.39, 0.29) is 11.1 Å². The highest BCUT2D eigenvalue weighted by atomic mass is 16.2. The Bertz CT molecular complexity index is 2300. The predicted octanol–water partition coefficient (Wildman–Crippen LogP) is 7.56. The highest BCUT2D eigenvalue weighted by Crippen LogP contribution is 2.45. The summed E-state index contributed by atoms with van der Waals surface area (Å²) in [5.74, 6) is 0. The molecule has 0 aliphatic rings. The molecule has 184 valence electrons. The number of nitrogens with one attached hydrogen (secondary N) is 1. The summed E-state index contributed by atoms with van der Waals surface area (Å²) in [6, 6.07) is 37.7. The highest BCUT2D eigenvalue weighted by molar-refractivity contribution is 6.39. The summed E-state index contributed by atoms with van der Waals surface area (Å²) in [7, 11) is 0. The van der Waals surface area contributed by atoms with Crippen LogP contribution in [0.1, 0.15) is 22.3 Å². The molecule has 8 rings (SSSR count). The molecule has 0 bridgehead atoms. The first-order valence-electron chi connectivity index (χ1n) is 13.3. The third-order valence-electron chi connectivity index (χ3n) is 8.25. The van der Waals surface area contributed by atoms with Crippen molar-refractivity contribution in [2.75, 3.05) is 0 Å². The number of hydrogen-bond donors (Lipinski definition) is 1. The zero-order valence-corrected chi connectivity index (χ0v) is 21.1. The lowest BCUT2D eigenvalue weighted by atomic mass is 9.82. The summed E-state index contributed by atoms with van der Waals surface area (Å²) in [6.45, 7) is 0. The Kier molecular flexibility index (Phi) is 4.65. The lowest BCUT2D eigenvalue weighted by molar-refractivity contribution is 1.19. The molecule has 1 aromatic heterocycles. The zero-order chi connectivity index (χ0) is 26.1. The summed E-state index contributed by atoms with van der Waals surface area (Å²) in [5, 5.41) is 9.65. The Labute approximate surface area is 223 Å². The number of benzene rings is 7. The van der Waals surface area contributed by atoms with Crippen LogP contribution in [0, 0.1) is 0 Å². The van der Waals surface area contributed by atoms with Crippen molar-refractivity contribution < 1.29 is 0 Å². The van der Waals surface area contributed by atoms with Crippen molar-refractivity contribution in [1.82, 2.24) is 4.98 Å². The van der Waals surface area contributed by atoms with E-state index in [9.17, 15) is 9.59 Å². The van der Waals surface area contributed by atoms with E-state index in [2.05, 4.69) is 83.8 Å². The van der Waals surface area contributed by atoms with E-state index in [1.165, 1.54) is 10.9 Å². The first-order valence-corrected chi connectivity index (χ1v) is 13.3. The lowest BCUT2D eigenvalue weighted by Crippen LogP contribution is -2.06. The monoisotopic (exact) mass is 501 g/mol. The van der Waals surface area contributed by atoms with Gasteiger partial charge in [0.25, 0.3) is 11.1 Å². The van der Waals surface area contributed by atoms with E-state index in [0.29, 0.717) is 17.2 Å². The van der Waals surface area contributed by atoms with Gasteiger partial charge in [0, 0.05) is 5.39 Å². The van der Waals surface area contributed by atoms with Crippen LogP contribution in [0.5, 0.6) is 0 Å². The Morgan fingerprint density at radius 1 is 0.436 bits per heavy atom. The summed E-state index contributed by atoms with van der Waals surface area (Å²) in [6.07, 6.45) is 1.30. The van der Waals surface area contributed by atoms with Crippen molar-refractivity contribution in [3.63, 3.8) is 0 Å². The van der Waals surface area contributed by atoms with Crippen molar-refractivity contribution in [2.24, 2.45) is 0 Å². The maximum Gasteiger partial charge on any atom is 0.259 e. The molecule has 0 saturated heterocycles. The summed E-state index contributed by atoms with van der Waals surface area (Å²) < 4.78 is 0. The molecule has 0 radical (unpaired) electrons. The minimum absolute atomic E-state index is 0.304. The number of rotatable bonds is 4. The maximum atomic E-state index is 13.5. The molecular formula is C36H23NO2. The van der Waals surface area contributed by atoms with Crippen LogP contribution in [0.15, 0.2) is 119 Å². The van der Waals surface area contributed by atoms with Gasteiger partial charge in [0.1, 0.15) is 0 Å². The van der Waals surface area contributed by atoms with Gasteiger partial charge < -0.3 is 0 Å². The van der Waals surface area contributed by atoms with Gasteiger partial charge in [-0.05, 0) is 72.8 Å². The summed E-state index contributed by atoms with van der Waals surface area (Å²) >= 11 is 0. The number of fused-ring (bicyclic) bond motifs is 4. The second-order valence-electron chi connectivity index (χ2n) is 10.4. The molecule has 0 spiro atoms. The van der Waals surface area contributed by atoms with Crippen molar-refractivity contribution >= 4 is 53.9 Å². The van der Waals surface area contributed by atoms with E-state index >= 15 is 0 Å². The molecule has 1 heterocycles. The molecule has 0 saturated carbocycles. The van der Waals surface area contributed by atoms with Crippen molar-refractivity contribution in [2.45, 2.75) is 12.8 Å². The van der Waals surface area contributed by atoms with Gasteiger partial charge in [-0.2, -0.15) is 0 Å². The molecule has 0 amide bonds. The second kappa shape index (κ2) is 8.24. The van der Waals surface area contributed by atoms with Crippen LogP contribution < -0.4 is 11.1 Å². The molecule has 0 aliphatic carbocycles. The topological polar surface area (TPSA) is 49.9 Å². The average Bonchev–Trinajstić information content (AvgIpc) is 3.27. The molecule has 7 aromatic carbocycles. The summed E-state index contributed by atoms with van der Waals surface area (Å²) in [5.41, 5.74) is 3.79. The Morgan fingerprint density at radius 2 is 1.03 bits per heavy atom. The van der Waals surface area contributed by atoms with Crippen LogP contribution in [-0.2, 0) is 12.8 Å². The number of H-pyrrole nitrogens is 1. The van der Waals surface area contributed by atoms with Gasteiger partial charge in [-0.15, -0.1) is 0 Å². The molecule has 0 unspecified atom stereocenters. The van der Waals surface area contributed by atoms with Crippen LogP contribution in [0.25, 0.3) is 53.9 Å². The number of aromatic amines is 1. The molecule has 1 N–H and O–H groups in total. The van der Waals surface area contributed by atoms with Gasteiger partial charge in [0.2, 0.25) is 0 Å². The van der Waals surface area contributed by atoms with Gasteiger partial charge in [0.15, 0.2) is 0 Å². The van der Waals surface area contributed by atoms with Crippen LogP contribution in [-0.4, -0.2) is 4.98 Å². The minimum atomic E-state index is -0.308. The number of aromatic nitrogens is 1. The molecule has 3 nitrogen and oxygen atoms in total. The van der Waals surface area contributed by atoms with Crippen LogP contribution in [0.2, 0.25) is 0 Å². The van der Waals surface area contributed by atoms with Crippen molar-refractivity contribution in [3.05, 3.63) is 152 Å². The molecule has 0 fully saturated rings. The molecule has 3 heteroatoms. The Balaban J connectivity index is 1.65. The standard InChI is InChI=1S/C36H23NO2/c38-35-33-28(20-22-11-5-2-6-12-22)30-24(19-21-9-3-1-4-10-21)17-18-26-25-15-7-13-23-14-8-16-27(29(23)25)32(31(26)30)34(33)36(39)37-35/h1-18H,19-20H2,(H,37,38,39). The lowest BCUT2D eigenvalue weighted by Gasteiger charge is -2.20. The van der Waals surface area contributed by atoms with Gasteiger partial charge in [-0.1, -0.05) is 109 Å². The normalized spacial score (nSPS) is 12.0. The Morgan fingerprint density at radius 3 is 1.74 bits per heavy atom. The van der Waals surface area contributed by atoms with Gasteiger partial charge in [-0.3, -0.25) is 14.6 Å². The first kappa shape index (κ1) is 22.0. The van der Waals surface area contributed by atoms with Crippen LogP contribution in [0.4, 0.5) is 0 Å². The average molecular weight is 502 g/mol. The van der Waals surface area contributed by atoms with Gasteiger partial charge >= 0.3 is 0 Å². The van der Waals surface area contributed by atoms with Gasteiger partial charge in [0.05, 0.1) is 10.8 Å². The predicted molar refractivity (Wildman–Crippen MR) is 162 cm³/mol. The van der Waals surface area contributed by atoms with Crippen LogP contribution >= 0.6 is 0 Å². The maximum absolute atomic E-state index is 13.5. The quantitative estimate of drug-likeness (QED) is 0.200. The third-order valence-corrected chi connectivity index (χ3v) is 8.25. The molecular weight excluding hydrogens is 478 g/mol. The molecule has 39 heavy (non-hydrogen) atoms. The first-order chi connectivity index (χ1) is 19.2. The minimum Gasteiger partial charge on any atom is -0.288 e. The molecule has 0 atom stereocenters. The molecule has 8 aromatic rings.